The number of nitrogens with one attached hydrogen (secondary N) is 1. The van der Waals surface area contributed by atoms with E-state index in [0.29, 0.717) is 29.6 Å². The molecule has 1 saturated heterocycles. The minimum absolute atomic E-state index is 0.0113. The van der Waals surface area contributed by atoms with Gasteiger partial charge in [0.15, 0.2) is 6.61 Å². The largest absolute Gasteiger partial charge is 0.484 e. The number of thiazole rings is 1. The smallest absolute Gasteiger partial charge is 0.275 e. The summed E-state index contributed by atoms with van der Waals surface area (Å²) >= 11 is 7.47. The summed E-state index contributed by atoms with van der Waals surface area (Å²) in [6.45, 7) is 7.64. The Morgan fingerprint density at radius 1 is 1.14 bits per heavy atom. The van der Waals surface area contributed by atoms with Gasteiger partial charge in [-0.1, -0.05) is 56.6 Å². The summed E-state index contributed by atoms with van der Waals surface area (Å²) < 4.78 is 5.59. The Balaban J connectivity index is 1.31. The van der Waals surface area contributed by atoms with E-state index in [1.54, 1.807) is 24.3 Å². The summed E-state index contributed by atoms with van der Waals surface area (Å²) in [6, 6.07) is 14.9. The number of hydrogen-bond acceptors (Lipinski definition) is 5. The van der Waals surface area contributed by atoms with Gasteiger partial charge in [0.2, 0.25) is 0 Å². The molecule has 1 aromatic heterocycles. The number of piperidine rings is 1. The average Bonchev–Trinajstić information content (AvgIpc) is 3.33. The number of aromatic nitrogens is 1. The number of anilines is 1. The summed E-state index contributed by atoms with van der Waals surface area (Å²) in [5.74, 6) is 0.580. The van der Waals surface area contributed by atoms with Gasteiger partial charge in [0.25, 0.3) is 11.8 Å². The number of benzene rings is 2. The van der Waals surface area contributed by atoms with Gasteiger partial charge in [0.1, 0.15) is 11.4 Å². The Bertz CT molecular complexity index is 1200. The van der Waals surface area contributed by atoms with E-state index >= 15 is 0 Å². The molecule has 2 aromatic carbocycles. The van der Waals surface area contributed by atoms with Gasteiger partial charge in [0, 0.05) is 35.1 Å². The molecule has 4 rings (SSSR count). The lowest BCUT2D eigenvalue weighted by Gasteiger charge is -2.31. The molecule has 0 unspecified atom stereocenters. The zero-order valence-electron chi connectivity index (χ0n) is 20.2. The van der Waals surface area contributed by atoms with Crippen LogP contribution in [0.4, 0.5) is 5.69 Å². The predicted molar refractivity (Wildman–Crippen MR) is 141 cm³/mol. The van der Waals surface area contributed by atoms with Crippen LogP contribution >= 0.6 is 22.9 Å². The predicted octanol–water partition coefficient (Wildman–Crippen LogP) is 6.13. The van der Waals surface area contributed by atoms with Crippen LogP contribution in [0.2, 0.25) is 5.02 Å². The monoisotopic (exact) mass is 511 g/mol. The quantitative estimate of drug-likeness (QED) is 0.432. The zero-order chi connectivity index (χ0) is 25.0. The fourth-order valence-electron chi connectivity index (χ4n) is 4.18. The van der Waals surface area contributed by atoms with Gasteiger partial charge >= 0.3 is 0 Å². The number of carbonyl (C=O) groups excluding carboxylic acids is 2. The number of halogens is 1. The minimum Gasteiger partial charge on any atom is -0.484 e. The molecule has 2 heterocycles. The van der Waals surface area contributed by atoms with E-state index in [1.807, 2.05) is 34.5 Å². The lowest BCUT2D eigenvalue weighted by Crippen LogP contribution is -2.40. The van der Waals surface area contributed by atoms with Gasteiger partial charge in [-0.2, -0.15) is 0 Å². The first kappa shape index (κ1) is 25.2. The molecule has 1 aliphatic rings. The minimum atomic E-state index is -0.199. The van der Waals surface area contributed by atoms with E-state index in [1.165, 1.54) is 11.3 Å². The highest BCUT2D eigenvalue weighted by Crippen LogP contribution is 2.32. The molecular weight excluding hydrogens is 482 g/mol. The van der Waals surface area contributed by atoms with Gasteiger partial charge in [-0.3, -0.25) is 9.59 Å². The van der Waals surface area contributed by atoms with Crippen molar-refractivity contribution in [3.05, 3.63) is 75.2 Å². The summed E-state index contributed by atoms with van der Waals surface area (Å²) in [4.78, 5) is 31.9. The van der Waals surface area contributed by atoms with E-state index in [2.05, 4.69) is 31.1 Å². The third-order valence-corrected chi connectivity index (χ3v) is 7.34. The van der Waals surface area contributed by atoms with Crippen molar-refractivity contribution in [3.8, 4) is 5.75 Å². The fraction of sp³-hybridized carbons (Fsp3) is 0.370. The average molecular weight is 512 g/mol. The fourth-order valence-corrected chi connectivity index (χ4v) is 5.33. The lowest BCUT2D eigenvalue weighted by molar-refractivity contribution is -0.134. The highest BCUT2D eigenvalue weighted by molar-refractivity contribution is 7.10. The highest BCUT2D eigenvalue weighted by atomic mass is 35.5. The van der Waals surface area contributed by atoms with Crippen molar-refractivity contribution in [3.63, 3.8) is 0 Å². The SMILES string of the molecule is CC(C)(C)c1ccccc1NC(=O)c1csc(C2CCN(C(=O)COc3cccc(Cl)c3)CC2)n1. The van der Waals surface area contributed by atoms with E-state index in [-0.39, 0.29) is 29.8 Å². The summed E-state index contributed by atoms with van der Waals surface area (Å²) in [5.41, 5.74) is 2.25. The molecule has 35 heavy (non-hydrogen) atoms. The van der Waals surface area contributed by atoms with Crippen LogP contribution in [0.15, 0.2) is 53.9 Å². The zero-order valence-corrected chi connectivity index (χ0v) is 21.8. The molecule has 0 saturated carbocycles. The number of nitrogens with zero attached hydrogens (tertiary/aromatic N) is 2. The highest BCUT2D eigenvalue weighted by Gasteiger charge is 2.27. The molecule has 2 amide bonds. The van der Waals surface area contributed by atoms with Gasteiger partial charge in [0.05, 0.1) is 5.01 Å². The Morgan fingerprint density at radius 3 is 2.60 bits per heavy atom. The second kappa shape index (κ2) is 10.8. The summed E-state index contributed by atoms with van der Waals surface area (Å²) in [7, 11) is 0. The Morgan fingerprint density at radius 2 is 1.89 bits per heavy atom. The standard InChI is InChI=1S/C27H30ClN3O3S/c1-27(2,3)21-9-4-5-10-22(21)29-25(33)23-17-35-26(30-23)18-11-13-31(14-12-18)24(32)16-34-20-8-6-7-19(28)15-20/h4-10,15,17-18H,11-14,16H2,1-3H3,(H,29,33). The van der Waals surface area contributed by atoms with Crippen LogP contribution in [-0.2, 0) is 10.2 Å². The summed E-state index contributed by atoms with van der Waals surface area (Å²) in [6.07, 6.45) is 1.62. The second-order valence-electron chi connectivity index (χ2n) is 9.72. The first-order chi connectivity index (χ1) is 16.7. The van der Waals surface area contributed by atoms with Crippen LogP contribution < -0.4 is 10.1 Å². The van der Waals surface area contributed by atoms with Gasteiger partial charge in [-0.15, -0.1) is 11.3 Å². The van der Waals surface area contributed by atoms with Crippen LogP contribution in [0.5, 0.6) is 5.75 Å². The molecule has 184 valence electrons. The van der Waals surface area contributed by atoms with E-state index in [4.69, 9.17) is 16.3 Å². The summed E-state index contributed by atoms with van der Waals surface area (Å²) in [5, 5.41) is 6.37. The second-order valence-corrected chi connectivity index (χ2v) is 11.0. The Hall–Kier alpha value is -2.90. The van der Waals surface area contributed by atoms with Crippen LogP contribution in [0.25, 0.3) is 0 Å². The van der Waals surface area contributed by atoms with Crippen molar-refractivity contribution in [1.82, 2.24) is 9.88 Å². The van der Waals surface area contributed by atoms with Crippen molar-refractivity contribution in [1.29, 1.82) is 0 Å². The number of ether oxygens (including phenoxy) is 1. The number of carbonyl (C=O) groups is 2. The molecular formula is C27H30ClN3O3S. The molecule has 0 aliphatic carbocycles. The first-order valence-corrected chi connectivity index (χ1v) is 13.0. The van der Waals surface area contributed by atoms with Crippen molar-refractivity contribution in [2.45, 2.75) is 44.9 Å². The van der Waals surface area contributed by atoms with E-state index in [0.717, 1.165) is 29.1 Å². The Kier molecular flexibility index (Phi) is 7.77. The lowest BCUT2D eigenvalue weighted by atomic mass is 9.86. The van der Waals surface area contributed by atoms with Gasteiger partial charge in [-0.25, -0.2) is 4.98 Å². The molecule has 1 N–H and O–H groups in total. The maximum Gasteiger partial charge on any atom is 0.275 e. The number of likely N-dealkylation sites (tertiary alicyclic amines) is 1. The van der Waals surface area contributed by atoms with Crippen molar-refractivity contribution in [2.75, 3.05) is 25.0 Å². The van der Waals surface area contributed by atoms with Crippen molar-refractivity contribution in [2.24, 2.45) is 0 Å². The van der Waals surface area contributed by atoms with Gasteiger partial charge in [-0.05, 0) is 48.1 Å². The third-order valence-electron chi connectivity index (χ3n) is 6.09. The molecule has 6 nitrogen and oxygen atoms in total. The van der Waals surface area contributed by atoms with Gasteiger partial charge < -0.3 is 15.0 Å². The number of hydrogen-bond donors (Lipinski definition) is 1. The van der Waals surface area contributed by atoms with Crippen LogP contribution in [0.3, 0.4) is 0 Å². The molecule has 0 radical (unpaired) electrons. The molecule has 8 heteroatoms. The normalized spacial score (nSPS) is 14.6. The molecule has 0 spiro atoms. The molecule has 1 aliphatic heterocycles. The number of rotatable bonds is 6. The first-order valence-electron chi connectivity index (χ1n) is 11.7. The third kappa shape index (κ3) is 6.41. The topological polar surface area (TPSA) is 71.5 Å². The molecule has 3 aromatic rings. The Labute approximate surface area is 215 Å². The molecule has 1 fully saturated rings. The number of amides is 2. The maximum absolute atomic E-state index is 12.9. The molecule has 0 atom stereocenters. The van der Waals surface area contributed by atoms with Crippen LogP contribution in [0, 0.1) is 0 Å². The maximum atomic E-state index is 12.9. The van der Waals surface area contributed by atoms with Crippen molar-refractivity contribution >= 4 is 40.4 Å². The molecule has 0 bridgehead atoms. The van der Waals surface area contributed by atoms with Crippen molar-refractivity contribution < 1.29 is 14.3 Å². The van der Waals surface area contributed by atoms with E-state index in [9.17, 15) is 9.59 Å². The van der Waals surface area contributed by atoms with Crippen LogP contribution in [-0.4, -0.2) is 41.4 Å². The number of para-hydroxylation sites is 1. The van der Waals surface area contributed by atoms with E-state index < -0.39 is 0 Å². The van der Waals surface area contributed by atoms with Crippen LogP contribution in [0.1, 0.15) is 60.6 Å².